The topological polar surface area (TPSA) is 59.6 Å². The summed E-state index contributed by atoms with van der Waals surface area (Å²) in [6, 6.07) is 6.00. The van der Waals surface area contributed by atoms with Gasteiger partial charge in [0.15, 0.2) is 0 Å². The average molecular weight is 292 g/mol. The van der Waals surface area contributed by atoms with E-state index in [2.05, 4.69) is 10.6 Å². The van der Waals surface area contributed by atoms with Gasteiger partial charge in [-0.15, -0.1) is 0 Å². The number of rotatable bonds is 4. The zero-order valence-electron chi connectivity index (χ0n) is 13.2. The molecule has 116 valence electrons. The van der Waals surface area contributed by atoms with Crippen LogP contribution in [-0.2, 0) is 4.74 Å². The predicted molar refractivity (Wildman–Crippen MR) is 84.1 cm³/mol. The number of benzene rings is 1. The van der Waals surface area contributed by atoms with E-state index in [-0.39, 0.29) is 0 Å². The molecule has 1 amide bonds. The number of nitrogens with one attached hydrogen (secondary N) is 2. The summed E-state index contributed by atoms with van der Waals surface area (Å²) in [6.07, 6.45) is 3.10. The van der Waals surface area contributed by atoms with Gasteiger partial charge in [0.25, 0.3) is 0 Å². The van der Waals surface area contributed by atoms with Gasteiger partial charge in [0.05, 0.1) is 18.5 Å². The largest absolute Gasteiger partial charge is 0.497 e. The van der Waals surface area contributed by atoms with Crippen LogP contribution in [0.3, 0.4) is 0 Å². The number of ether oxygens (including phenoxy) is 2. The highest BCUT2D eigenvalue weighted by Gasteiger charge is 2.21. The van der Waals surface area contributed by atoms with Crippen molar-refractivity contribution >= 4 is 17.5 Å². The summed E-state index contributed by atoms with van der Waals surface area (Å²) in [6.45, 7) is 5.52. The van der Waals surface area contributed by atoms with E-state index in [1.54, 1.807) is 7.11 Å². The molecule has 1 saturated carbocycles. The van der Waals surface area contributed by atoms with E-state index in [4.69, 9.17) is 9.47 Å². The Balaban J connectivity index is 2.11. The molecule has 0 spiro atoms. The summed E-state index contributed by atoms with van der Waals surface area (Å²) in [5.74, 6) is 0.756. The van der Waals surface area contributed by atoms with E-state index in [9.17, 15) is 4.79 Å². The zero-order valence-corrected chi connectivity index (χ0v) is 13.2. The minimum absolute atomic E-state index is 0.454. The van der Waals surface area contributed by atoms with Gasteiger partial charge in [0.2, 0.25) is 0 Å². The van der Waals surface area contributed by atoms with Gasteiger partial charge in [0.1, 0.15) is 11.4 Å². The molecule has 0 atom stereocenters. The zero-order chi connectivity index (χ0) is 15.5. The summed E-state index contributed by atoms with van der Waals surface area (Å²) in [4.78, 5) is 11.9. The number of anilines is 2. The van der Waals surface area contributed by atoms with Gasteiger partial charge in [-0.25, -0.2) is 4.79 Å². The second-order valence-corrected chi connectivity index (χ2v) is 6.31. The second-order valence-electron chi connectivity index (χ2n) is 6.31. The summed E-state index contributed by atoms with van der Waals surface area (Å²) < 4.78 is 10.5. The van der Waals surface area contributed by atoms with Crippen LogP contribution in [0.2, 0.25) is 0 Å². The summed E-state index contributed by atoms with van der Waals surface area (Å²) in [7, 11) is 1.63. The minimum atomic E-state index is -0.516. The normalized spacial score (nSPS) is 15.0. The van der Waals surface area contributed by atoms with E-state index in [0.29, 0.717) is 11.7 Å². The first kappa shape index (κ1) is 15.5. The van der Waals surface area contributed by atoms with Gasteiger partial charge in [-0.3, -0.25) is 5.32 Å². The van der Waals surface area contributed by atoms with E-state index in [1.807, 2.05) is 39.0 Å². The predicted octanol–water partition coefficient (Wildman–Crippen LogP) is 4.01. The molecule has 2 rings (SSSR count). The quantitative estimate of drug-likeness (QED) is 0.880. The van der Waals surface area contributed by atoms with Crippen LogP contribution in [-0.4, -0.2) is 24.8 Å². The first-order chi connectivity index (χ1) is 9.87. The van der Waals surface area contributed by atoms with Gasteiger partial charge in [-0.2, -0.15) is 0 Å². The molecule has 21 heavy (non-hydrogen) atoms. The third-order valence-corrected chi connectivity index (χ3v) is 3.33. The molecule has 1 aliphatic rings. The number of carbonyl (C=O) groups excluding carboxylic acids is 1. The maximum absolute atomic E-state index is 11.9. The Kier molecular flexibility index (Phi) is 4.60. The molecule has 1 aromatic rings. The van der Waals surface area contributed by atoms with Crippen molar-refractivity contribution in [1.82, 2.24) is 0 Å². The molecule has 0 bridgehead atoms. The molecule has 0 aliphatic heterocycles. The highest BCUT2D eigenvalue weighted by Crippen LogP contribution is 2.31. The highest BCUT2D eigenvalue weighted by molar-refractivity contribution is 5.90. The Hall–Kier alpha value is -1.91. The molecule has 0 heterocycles. The number of carbonyl (C=O) groups is 1. The third kappa shape index (κ3) is 4.55. The van der Waals surface area contributed by atoms with Crippen molar-refractivity contribution in [1.29, 1.82) is 0 Å². The molecule has 0 saturated heterocycles. The monoisotopic (exact) mass is 292 g/mol. The summed E-state index contributed by atoms with van der Waals surface area (Å²) in [5.41, 5.74) is 1.06. The molecular weight excluding hydrogens is 268 g/mol. The smallest absolute Gasteiger partial charge is 0.412 e. The Bertz CT molecular complexity index is 505. The van der Waals surface area contributed by atoms with Gasteiger partial charge >= 0.3 is 6.09 Å². The second kappa shape index (κ2) is 6.24. The first-order valence-corrected chi connectivity index (χ1v) is 7.32. The fraction of sp³-hybridized carbons (Fsp3) is 0.562. The standard InChI is InChI=1S/C16H24N2O3/c1-16(2,3)21-15(19)18-13-9-8-12(20-4)10-14(13)17-11-6-5-7-11/h8-11,17H,5-7H2,1-4H3,(H,18,19). The fourth-order valence-electron chi connectivity index (χ4n) is 2.06. The molecule has 0 aromatic heterocycles. The Morgan fingerprint density at radius 3 is 2.48 bits per heavy atom. The van der Waals surface area contributed by atoms with E-state index < -0.39 is 11.7 Å². The SMILES string of the molecule is COc1ccc(NC(=O)OC(C)(C)C)c(NC2CCC2)c1. The number of hydrogen-bond donors (Lipinski definition) is 2. The van der Waals surface area contributed by atoms with Crippen LogP contribution >= 0.6 is 0 Å². The summed E-state index contributed by atoms with van der Waals surface area (Å²) >= 11 is 0. The lowest BCUT2D eigenvalue weighted by atomic mass is 9.93. The van der Waals surface area contributed by atoms with Crippen molar-refractivity contribution in [3.05, 3.63) is 18.2 Å². The van der Waals surface area contributed by atoms with Gasteiger partial charge in [-0.1, -0.05) is 0 Å². The Morgan fingerprint density at radius 2 is 1.95 bits per heavy atom. The molecule has 1 aliphatic carbocycles. The van der Waals surface area contributed by atoms with Gasteiger partial charge in [-0.05, 0) is 52.2 Å². The van der Waals surface area contributed by atoms with Crippen LogP contribution in [0.4, 0.5) is 16.2 Å². The van der Waals surface area contributed by atoms with Crippen molar-refractivity contribution in [2.75, 3.05) is 17.7 Å². The van der Waals surface area contributed by atoms with E-state index in [0.717, 1.165) is 24.3 Å². The van der Waals surface area contributed by atoms with Crippen molar-refractivity contribution in [2.45, 2.75) is 51.7 Å². The molecule has 1 fully saturated rings. The van der Waals surface area contributed by atoms with Crippen molar-refractivity contribution in [3.8, 4) is 5.75 Å². The lowest BCUT2D eigenvalue weighted by molar-refractivity contribution is 0.0636. The molecule has 5 nitrogen and oxygen atoms in total. The van der Waals surface area contributed by atoms with Crippen molar-refractivity contribution < 1.29 is 14.3 Å². The van der Waals surface area contributed by atoms with Gasteiger partial charge < -0.3 is 14.8 Å². The molecule has 0 unspecified atom stereocenters. The lowest BCUT2D eigenvalue weighted by Gasteiger charge is -2.29. The number of methoxy groups -OCH3 is 1. The molecule has 2 N–H and O–H groups in total. The number of hydrogen-bond acceptors (Lipinski definition) is 4. The molecule has 5 heteroatoms. The van der Waals surface area contributed by atoms with E-state index >= 15 is 0 Å². The van der Waals surface area contributed by atoms with Crippen molar-refractivity contribution in [3.63, 3.8) is 0 Å². The average Bonchev–Trinajstić information content (AvgIpc) is 2.33. The summed E-state index contributed by atoms with van der Waals surface area (Å²) in [5, 5.41) is 6.23. The van der Waals surface area contributed by atoms with Crippen LogP contribution < -0.4 is 15.4 Å². The van der Waals surface area contributed by atoms with Crippen molar-refractivity contribution in [2.24, 2.45) is 0 Å². The third-order valence-electron chi connectivity index (χ3n) is 3.33. The van der Waals surface area contributed by atoms with Crippen LogP contribution in [0.25, 0.3) is 0 Å². The highest BCUT2D eigenvalue weighted by atomic mass is 16.6. The Labute approximate surface area is 126 Å². The Morgan fingerprint density at radius 1 is 1.24 bits per heavy atom. The fourth-order valence-corrected chi connectivity index (χ4v) is 2.06. The first-order valence-electron chi connectivity index (χ1n) is 7.32. The van der Waals surface area contributed by atoms with Crippen LogP contribution in [0, 0.1) is 0 Å². The maximum Gasteiger partial charge on any atom is 0.412 e. The lowest BCUT2D eigenvalue weighted by Crippen LogP contribution is -2.29. The van der Waals surface area contributed by atoms with E-state index in [1.165, 1.54) is 6.42 Å². The van der Waals surface area contributed by atoms with Crippen LogP contribution in [0.15, 0.2) is 18.2 Å². The van der Waals surface area contributed by atoms with Gasteiger partial charge in [0, 0.05) is 12.1 Å². The van der Waals surface area contributed by atoms with Crippen LogP contribution in [0.1, 0.15) is 40.0 Å². The minimum Gasteiger partial charge on any atom is -0.497 e. The molecule has 1 aromatic carbocycles. The van der Waals surface area contributed by atoms with Crippen LogP contribution in [0.5, 0.6) is 5.75 Å². The number of amides is 1. The molecular formula is C16H24N2O3. The molecule has 0 radical (unpaired) electrons. The maximum atomic E-state index is 11.9.